The summed E-state index contributed by atoms with van der Waals surface area (Å²) in [5.41, 5.74) is 0. The summed E-state index contributed by atoms with van der Waals surface area (Å²) in [4.78, 5) is 12.4. The lowest BCUT2D eigenvalue weighted by atomic mass is 10.0. The van der Waals surface area contributed by atoms with Crippen LogP contribution in [-0.4, -0.2) is 34.9 Å². The highest BCUT2D eigenvalue weighted by atomic mass is 16.3. The van der Waals surface area contributed by atoms with Gasteiger partial charge in [0.2, 0.25) is 5.91 Å². The fourth-order valence-corrected chi connectivity index (χ4v) is 6.23. The minimum absolute atomic E-state index is 0.110. The van der Waals surface area contributed by atoms with Crippen molar-refractivity contribution in [1.82, 2.24) is 5.32 Å². The van der Waals surface area contributed by atoms with E-state index in [1.165, 1.54) is 83.5 Å². The van der Waals surface area contributed by atoms with Crippen molar-refractivity contribution in [3.8, 4) is 0 Å². The maximum Gasteiger partial charge on any atom is 0.220 e. The second-order valence-electron chi connectivity index (χ2n) is 15.1. The lowest BCUT2D eigenvalue weighted by Gasteiger charge is -2.19. The van der Waals surface area contributed by atoms with Crippen molar-refractivity contribution in [2.45, 2.75) is 206 Å². The molecule has 0 aliphatic heterocycles. The fraction of sp³-hybridized carbons (Fsp3) is 0.635. The maximum atomic E-state index is 12.4. The van der Waals surface area contributed by atoms with Gasteiger partial charge in [0.05, 0.1) is 18.8 Å². The molecule has 0 rings (SSSR count). The van der Waals surface area contributed by atoms with Gasteiger partial charge in [-0.1, -0.05) is 207 Å². The highest BCUT2D eigenvalue weighted by Gasteiger charge is 2.17. The third kappa shape index (κ3) is 42.2. The minimum atomic E-state index is -0.884. The largest absolute Gasteiger partial charge is 0.394 e. The number of aliphatic hydroxyl groups is 2. The second kappa shape index (κ2) is 46.4. The molecule has 0 saturated carbocycles. The summed E-state index contributed by atoms with van der Waals surface area (Å²) < 4.78 is 0. The highest BCUT2D eigenvalue weighted by molar-refractivity contribution is 5.76. The first-order valence-electron chi connectivity index (χ1n) is 23.1. The molecule has 2 unspecified atom stereocenters. The Morgan fingerprint density at radius 2 is 0.804 bits per heavy atom. The van der Waals surface area contributed by atoms with Gasteiger partial charge >= 0.3 is 0 Å². The number of hydrogen-bond donors (Lipinski definition) is 3. The third-order valence-corrected chi connectivity index (χ3v) is 9.74. The third-order valence-electron chi connectivity index (χ3n) is 9.74. The van der Waals surface area contributed by atoms with Gasteiger partial charge in [-0.2, -0.15) is 0 Å². The SMILES string of the molecule is CC/C=C\C/C=C\C/C=C\C/C=C\C/C=C\C/C=C\C/C=C\CCCCCC(=O)NC(CO)C(O)/C=C/CC/C=C/CCCCCCCCCCCCCCC. The molecule has 0 aliphatic carbocycles. The monoisotopic (exact) mass is 774 g/mol. The zero-order valence-electron chi connectivity index (χ0n) is 36.4. The van der Waals surface area contributed by atoms with Crippen LogP contribution >= 0.6 is 0 Å². The van der Waals surface area contributed by atoms with Crippen LogP contribution < -0.4 is 5.32 Å². The molecule has 0 heterocycles. The summed E-state index contributed by atoms with van der Waals surface area (Å²) in [6.45, 7) is 4.16. The van der Waals surface area contributed by atoms with Crippen LogP contribution in [0, 0.1) is 0 Å². The Morgan fingerprint density at radius 1 is 0.446 bits per heavy atom. The fourth-order valence-electron chi connectivity index (χ4n) is 6.23. The van der Waals surface area contributed by atoms with E-state index in [0.29, 0.717) is 6.42 Å². The topological polar surface area (TPSA) is 69.6 Å². The van der Waals surface area contributed by atoms with Gasteiger partial charge in [0.1, 0.15) is 0 Å². The number of unbranched alkanes of at least 4 members (excludes halogenated alkanes) is 17. The Morgan fingerprint density at radius 3 is 1.25 bits per heavy atom. The number of rotatable bonds is 40. The van der Waals surface area contributed by atoms with Crippen molar-refractivity contribution in [2.75, 3.05) is 6.61 Å². The second-order valence-corrected chi connectivity index (χ2v) is 15.1. The quantitative estimate of drug-likeness (QED) is 0.0429. The van der Waals surface area contributed by atoms with Crippen LogP contribution in [0.15, 0.2) is 109 Å². The highest BCUT2D eigenvalue weighted by Crippen LogP contribution is 2.13. The molecule has 0 fully saturated rings. The molecule has 318 valence electrons. The zero-order chi connectivity index (χ0) is 40.7. The molecule has 0 radical (unpaired) electrons. The van der Waals surface area contributed by atoms with E-state index in [-0.39, 0.29) is 12.5 Å². The number of carbonyl (C=O) groups is 1. The van der Waals surface area contributed by atoms with E-state index in [9.17, 15) is 15.0 Å². The van der Waals surface area contributed by atoms with Crippen LogP contribution in [0.4, 0.5) is 0 Å². The zero-order valence-corrected chi connectivity index (χ0v) is 36.4. The van der Waals surface area contributed by atoms with Crippen molar-refractivity contribution in [3.05, 3.63) is 109 Å². The van der Waals surface area contributed by atoms with Gasteiger partial charge in [-0.25, -0.2) is 0 Å². The van der Waals surface area contributed by atoms with E-state index in [1.807, 2.05) is 6.08 Å². The van der Waals surface area contributed by atoms with E-state index in [1.54, 1.807) is 6.08 Å². The molecule has 0 spiro atoms. The molecule has 56 heavy (non-hydrogen) atoms. The van der Waals surface area contributed by atoms with Gasteiger partial charge in [-0.15, -0.1) is 0 Å². The van der Waals surface area contributed by atoms with E-state index < -0.39 is 12.1 Å². The molecule has 4 nitrogen and oxygen atoms in total. The first-order chi connectivity index (χ1) is 27.7. The Balaban J connectivity index is 3.75. The molecule has 0 aliphatic rings. The van der Waals surface area contributed by atoms with Crippen molar-refractivity contribution < 1.29 is 15.0 Å². The van der Waals surface area contributed by atoms with Crippen molar-refractivity contribution >= 4 is 5.91 Å². The van der Waals surface area contributed by atoms with Crippen LogP contribution in [0.3, 0.4) is 0 Å². The summed E-state index contributed by atoms with van der Waals surface area (Å²) in [7, 11) is 0. The van der Waals surface area contributed by atoms with Crippen molar-refractivity contribution in [2.24, 2.45) is 0 Å². The number of aliphatic hydroxyl groups excluding tert-OH is 2. The van der Waals surface area contributed by atoms with Gasteiger partial charge in [0.15, 0.2) is 0 Å². The Bertz CT molecular complexity index is 1110. The Labute approximate surface area is 346 Å². The summed E-state index contributed by atoms with van der Waals surface area (Å²) in [6, 6.07) is -0.665. The average molecular weight is 774 g/mol. The van der Waals surface area contributed by atoms with Crippen LogP contribution in [-0.2, 0) is 4.79 Å². The van der Waals surface area contributed by atoms with Crippen LogP contribution in [0.1, 0.15) is 194 Å². The van der Waals surface area contributed by atoms with Gasteiger partial charge in [0.25, 0.3) is 0 Å². The molecule has 0 aromatic rings. The average Bonchev–Trinajstić information content (AvgIpc) is 3.20. The summed E-state index contributed by atoms with van der Waals surface area (Å²) >= 11 is 0. The molecule has 4 heteroatoms. The molecule has 0 aromatic heterocycles. The van der Waals surface area contributed by atoms with Gasteiger partial charge in [-0.3, -0.25) is 4.79 Å². The molecular weight excluding hydrogens is 687 g/mol. The molecule has 0 aromatic carbocycles. The lowest BCUT2D eigenvalue weighted by Crippen LogP contribution is -2.45. The van der Waals surface area contributed by atoms with Crippen LogP contribution in [0.2, 0.25) is 0 Å². The van der Waals surface area contributed by atoms with Gasteiger partial charge < -0.3 is 15.5 Å². The Hall–Kier alpha value is -2.95. The number of carbonyl (C=O) groups excluding carboxylic acids is 1. The number of hydrogen-bond acceptors (Lipinski definition) is 3. The lowest BCUT2D eigenvalue weighted by molar-refractivity contribution is -0.123. The van der Waals surface area contributed by atoms with E-state index in [2.05, 4.69) is 116 Å². The number of allylic oxidation sites excluding steroid dienone is 17. The first kappa shape index (κ1) is 53.0. The van der Waals surface area contributed by atoms with Crippen molar-refractivity contribution in [1.29, 1.82) is 0 Å². The van der Waals surface area contributed by atoms with Gasteiger partial charge in [-0.05, 0) is 89.9 Å². The van der Waals surface area contributed by atoms with E-state index in [4.69, 9.17) is 0 Å². The molecule has 0 saturated heterocycles. The minimum Gasteiger partial charge on any atom is -0.394 e. The van der Waals surface area contributed by atoms with Crippen LogP contribution in [0.25, 0.3) is 0 Å². The Kier molecular flexibility index (Phi) is 44.0. The maximum absolute atomic E-state index is 12.4. The molecule has 1 amide bonds. The number of amides is 1. The summed E-state index contributed by atoms with van der Waals surface area (Å²) in [5, 5.41) is 23.0. The summed E-state index contributed by atoms with van der Waals surface area (Å²) in [5.74, 6) is -0.110. The normalized spacial score (nSPS) is 14.0. The first-order valence-corrected chi connectivity index (χ1v) is 23.1. The molecule has 3 N–H and O–H groups in total. The van der Waals surface area contributed by atoms with Crippen molar-refractivity contribution in [3.63, 3.8) is 0 Å². The summed E-state index contributed by atoms with van der Waals surface area (Å²) in [6.07, 6.45) is 70.6. The predicted octanol–water partition coefficient (Wildman–Crippen LogP) is 14.8. The van der Waals surface area contributed by atoms with Crippen LogP contribution in [0.5, 0.6) is 0 Å². The standard InChI is InChI=1S/C52H87NO3/c1-3-5-7-9-11-13-15-17-19-21-23-24-25-26-27-28-30-32-34-36-38-40-42-44-46-48-52(56)53-50(49-54)51(55)47-45-43-41-39-37-35-33-31-29-22-20-18-16-14-12-10-8-6-4-2/h5,7,11,13,17,19,23-24,26-27,30,32,36-39,45,47,50-51,54-55H,3-4,6,8-10,12,14-16,18,20-22,25,28-29,31,33-35,40-44,46,48-49H2,1-2H3,(H,53,56)/b7-5-,13-11-,19-17-,24-23-,27-26-,32-30-,38-36-,39-37+,47-45+. The predicted molar refractivity (Wildman–Crippen MR) is 248 cm³/mol. The smallest absolute Gasteiger partial charge is 0.220 e. The molecule has 2 atom stereocenters. The van der Waals surface area contributed by atoms with E-state index in [0.717, 1.165) is 89.9 Å². The van der Waals surface area contributed by atoms with Gasteiger partial charge in [0, 0.05) is 6.42 Å². The number of nitrogens with one attached hydrogen (secondary N) is 1. The molecular formula is C52H87NO3. The molecule has 0 bridgehead atoms. The van der Waals surface area contributed by atoms with E-state index >= 15 is 0 Å².